The Hall–Kier alpha value is -2.60. The third-order valence-electron chi connectivity index (χ3n) is 5.82. The number of halogens is 1. The van der Waals surface area contributed by atoms with Gasteiger partial charge in [0.1, 0.15) is 18.0 Å². The van der Waals surface area contributed by atoms with Gasteiger partial charge in [-0.1, -0.05) is 30.3 Å². The molecular weight excluding hydrogens is 451 g/mol. The van der Waals surface area contributed by atoms with E-state index in [2.05, 4.69) is 33.1 Å². The molecule has 1 heterocycles. The zero-order chi connectivity index (χ0) is 24.3. The quantitative estimate of drug-likeness (QED) is 0.448. The number of hydrogen-bond acceptors (Lipinski definition) is 6. The molecule has 2 unspecified atom stereocenters. The average molecular weight is 485 g/mol. The van der Waals surface area contributed by atoms with Gasteiger partial charge in [-0.15, -0.1) is 0 Å². The van der Waals surface area contributed by atoms with Gasteiger partial charge < -0.3 is 15.0 Å². The van der Waals surface area contributed by atoms with E-state index in [0.29, 0.717) is 17.9 Å². The Kier molecular flexibility index (Phi) is 10.2. The number of ether oxygens (including phenoxy) is 1. The molecule has 3 rings (SSSR count). The number of carbonyl (C=O) groups excluding carboxylic acids is 1. The molecule has 1 aliphatic rings. The molecule has 2 atom stereocenters. The van der Waals surface area contributed by atoms with Crippen LogP contribution in [0.25, 0.3) is 0 Å². The lowest BCUT2D eigenvalue weighted by Crippen LogP contribution is -2.35. The fraction of sp³-hybridized carbons (Fsp3) is 0.462. The van der Waals surface area contributed by atoms with Gasteiger partial charge in [-0.3, -0.25) is 9.52 Å². The summed E-state index contributed by atoms with van der Waals surface area (Å²) < 4.78 is 23.3. The number of amides is 1. The average Bonchev–Trinajstić information content (AvgIpc) is 2.86. The first-order chi connectivity index (χ1) is 16.5. The predicted molar refractivity (Wildman–Crippen MR) is 134 cm³/mol. The highest BCUT2D eigenvalue weighted by molar-refractivity contribution is 7.98. The molecule has 2 N–H and O–H groups in total. The highest BCUT2D eigenvalue weighted by atomic mass is 32.2. The van der Waals surface area contributed by atoms with Gasteiger partial charge in [-0.2, -0.15) is 5.26 Å². The number of hydrogen-bond donors (Lipinski definition) is 2. The van der Waals surface area contributed by atoms with Crippen molar-refractivity contribution < 1.29 is 13.9 Å². The summed E-state index contributed by atoms with van der Waals surface area (Å²) in [6, 6.07) is 15.3. The lowest BCUT2D eigenvalue weighted by molar-refractivity contribution is -0.133. The third kappa shape index (κ3) is 8.01. The minimum absolute atomic E-state index is 0.00543. The van der Waals surface area contributed by atoms with Gasteiger partial charge in [0.15, 0.2) is 0 Å². The topological polar surface area (TPSA) is 77.4 Å². The summed E-state index contributed by atoms with van der Waals surface area (Å²) in [6.07, 6.45) is 4.63. The molecule has 0 aromatic heterocycles. The number of aryl methyl sites for hydroxylation is 1. The minimum atomic E-state index is -0.501. The molecule has 8 heteroatoms. The van der Waals surface area contributed by atoms with E-state index in [1.807, 2.05) is 32.3 Å². The van der Waals surface area contributed by atoms with Crippen LogP contribution in [0.4, 0.5) is 10.1 Å². The van der Waals surface area contributed by atoms with Crippen LogP contribution in [-0.2, 0) is 16.0 Å². The van der Waals surface area contributed by atoms with Gasteiger partial charge in [0.25, 0.3) is 5.91 Å². The molecule has 0 saturated carbocycles. The number of nitrogens with zero attached hydrogens (tertiary/aromatic N) is 2. The van der Waals surface area contributed by atoms with Crippen molar-refractivity contribution in [3.05, 3.63) is 59.4 Å². The molecule has 6 nitrogen and oxygen atoms in total. The Morgan fingerprint density at radius 3 is 2.74 bits per heavy atom. The van der Waals surface area contributed by atoms with E-state index < -0.39 is 11.9 Å². The number of nitriles is 1. The third-order valence-corrected chi connectivity index (χ3v) is 6.60. The van der Waals surface area contributed by atoms with Crippen molar-refractivity contribution in [2.75, 3.05) is 32.6 Å². The first-order valence-electron chi connectivity index (χ1n) is 11.7. The summed E-state index contributed by atoms with van der Waals surface area (Å²) >= 11 is 1.01. The number of benzene rings is 2. The Balaban J connectivity index is 1.67. The largest absolute Gasteiger partial charge is 0.379 e. The predicted octanol–water partition coefficient (Wildman–Crippen LogP) is 4.75. The van der Waals surface area contributed by atoms with Crippen LogP contribution in [0.5, 0.6) is 0 Å². The number of nitrogens with one attached hydrogen (secondary N) is 2. The van der Waals surface area contributed by atoms with E-state index in [4.69, 9.17) is 4.74 Å². The van der Waals surface area contributed by atoms with Gasteiger partial charge in [-0.05, 0) is 88.8 Å². The Morgan fingerprint density at radius 2 is 2.06 bits per heavy atom. The molecule has 1 saturated heterocycles. The van der Waals surface area contributed by atoms with Crippen LogP contribution < -0.4 is 10.0 Å². The molecule has 0 radical (unpaired) electrons. The number of carbonyl (C=O) groups is 1. The Morgan fingerprint density at radius 1 is 1.26 bits per heavy atom. The van der Waals surface area contributed by atoms with Crippen molar-refractivity contribution in [2.24, 2.45) is 0 Å². The Labute approximate surface area is 206 Å². The lowest BCUT2D eigenvalue weighted by atomic mass is 10.0. The molecular formula is C26H33FN4O2S. The van der Waals surface area contributed by atoms with Gasteiger partial charge in [0.05, 0.1) is 11.3 Å². The highest BCUT2D eigenvalue weighted by Crippen LogP contribution is 2.28. The van der Waals surface area contributed by atoms with E-state index in [1.54, 1.807) is 6.07 Å². The maximum absolute atomic E-state index is 15.1. The lowest BCUT2D eigenvalue weighted by Gasteiger charge is -2.23. The Bertz CT molecular complexity index is 975. The van der Waals surface area contributed by atoms with Crippen LogP contribution in [0.1, 0.15) is 43.2 Å². The monoisotopic (exact) mass is 484 g/mol. The fourth-order valence-electron chi connectivity index (χ4n) is 3.89. The molecule has 1 aliphatic heterocycles. The standard InChI is InChI=1S/C26H33FN4O2S/c1-31(2)14-13-21(12-11-19-8-4-3-5-9-19)29-25-20(18-28)16-22(17-23(25)27)34-30-26(32)24-10-6-7-15-33-24/h3-5,8-9,16-17,21,24,29H,6-7,10-15H2,1-2H3,(H,30,32). The van der Waals surface area contributed by atoms with Gasteiger partial charge in [-0.25, -0.2) is 4.39 Å². The summed E-state index contributed by atoms with van der Waals surface area (Å²) in [5, 5.41) is 13.0. The second-order valence-corrected chi connectivity index (χ2v) is 9.70. The van der Waals surface area contributed by atoms with Crippen molar-refractivity contribution in [3.8, 4) is 6.07 Å². The normalized spacial score (nSPS) is 16.6. The molecule has 182 valence electrons. The van der Waals surface area contributed by atoms with Gasteiger partial charge in [0.2, 0.25) is 0 Å². The van der Waals surface area contributed by atoms with Crippen molar-refractivity contribution in [2.45, 2.75) is 55.6 Å². The zero-order valence-corrected chi connectivity index (χ0v) is 20.7. The first-order valence-corrected chi connectivity index (χ1v) is 12.5. The first kappa shape index (κ1) is 26.0. The molecule has 1 fully saturated rings. The van der Waals surface area contributed by atoms with Gasteiger partial charge >= 0.3 is 0 Å². The fourth-order valence-corrected chi connectivity index (χ4v) is 4.58. The zero-order valence-electron chi connectivity index (χ0n) is 19.9. The van der Waals surface area contributed by atoms with Crippen LogP contribution in [0.15, 0.2) is 47.4 Å². The summed E-state index contributed by atoms with van der Waals surface area (Å²) in [5.41, 5.74) is 1.66. The van der Waals surface area contributed by atoms with E-state index in [1.165, 1.54) is 11.6 Å². The summed E-state index contributed by atoms with van der Waals surface area (Å²) in [6.45, 7) is 1.43. The highest BCUT2D eigenvalue weighted by Gasteiger charge is 2.22. The van der Waals surface area contributed by atoms with Crippen molar-refractivity contribution in [1.29, 1.82) is 5.26 Å². The molecule has 0 aliphatic carbocycles. The van der Waals surface area contributed by atoms with Gasteiger partial charge in [0, 0.05) is 17.5 Å². The van der Waals surface area contributed by atoms with E-state index in [-0.39, 0.29) is 23.2 Å². The summed E-state index contributed by atoms with van der Waals surface area (Å²) in [7, 11) is 4.02. The second kappa shape index (κ2) is 13.3. The van der Waals surface area contributed by atoms with Crippen LogP contribution in [0.2, 0.25) is 0 Å². The maximum Gasteiger partial charge on any atom is 0.259 e. The SMILES string of the molecule is CN(C)CCC(CCc1ccccc1)Nc1c(F)cc(SNC(=O)C2CCCCO2)cc1C#N. The van der Waals surface area contributed by atoms with E-state index >= 15 is 4.39 Å². The van der Waals surface area contributed by atoms with Crippen molar-refractivity contribution in [3.63, 3.8) is 0 Å². The second-order valence-electron chi connectivity index (χ2n) is 8.82. The maximum atomic E-state index is 15.1. The van der Waals surface area contributed by atoms with E-state index in [0.717, 1.165) is 50.6 Å². The molecule has 2 aromatic carbocycles. The van der Waals surface area contributed by atoms with Crippen molar-refractivity contribution in [1.82, 2.24) is 9.62 Å². The molecule has 0 bridgehead atoms. The summed E-state index contributed by atoms with van der Waals surface area (Å²) in [4.78, 5) is 14.9. The summed E-state index contributed by atoms with van der Waals surface area (Å²) in [5.74, 6) is -0.727. The molecule has 0 spiro atoms. The molecule has 1 amide bonds. The number of rotatable bonds is 11. The smallest absolute Gasteiger partial charge is 0.259 e. The van der Waals surface area contributed by atoms with Crippen LogP contribution >= 0.6 is 11.9 Å². The van der Waals surface area contributed by atoms with Crippen molar-refractivity contribution >= 4 is 23.5 Å². The van der Waals surface area contributed by atoms with Crippen LogP contribution in [-0.4, -0.2) is 50.2 Å². The van der Waals surface area contributed by atoms with E-state index in [9.17, 15) is 10.1 Å². The number of anilines is 1. The molecule has 2 aromatic rings. The minimum Gasteiger partial charge on any atom is -0.379 e. The van der Waals surface area contributed by atoms with Crippen LogP contribution in [0, 0.1) is 17.1 Å². The molecule has 34 heavy (non-hydrogen) atoms. The van der Waals surface area contributed by atoms with Crippen LogP contribution in [0.3, 0.4) is 0 Å².